The molecule has 0 spiro atoms. The molecule has 2 aliphatic rings. The summed E-state index contributed by atoms with van der Waals surface area (Å²) in [5.41, 5.74) is 15.1. The van der Waals surface area contributed by atoms with Crippen LogP contribution in [0.15, 0.2) is 48.5 Å². The molecule has 4 rings (SSSR count). The van der Waals surface area contributed by atoms with Crippen LogP contribution in [-0.2, 0) is 35.2 Å². The van der Waals surface area contributed by atoms with Gasteiger partial charge in [0.15, 0.2) is 0 Å². The summed E-state index contributed by atoms with van der Waals surface area (Å²) in [6, 6.07) is 11.2. The summed E-state index contributed by atoms with van der Waals surface area (Å²) < 4.78 is 0. The molecule has 2 aliphatic heterocycles. The Kier molecular flexibility index (Phi) is 17.3. The number of nitrogens with zero attached hydrogens (tertiary/aromatic N) is 2. The first-order chi connectivity index (χ1) is 27.0. The Morgan fingerprint density at radius 3 is 2.04 bits per heavy atom. The van der Waals surface area contributed by atoms with Gasteiger partial charge in [-0.25, -0.2) is 5.06 Å². The highest BCUT2D eigenvalue weighted by molar-refractivity contribution is 5.99. The van der Waals surface area contributed by atoms with E-state index in [-0.39, 0.29) is 24.8 Å². The third-order valence-corrected chi connectivity index (χ3v) is 10.4. The molecule has 15 nitrogen and oxygen atoms in total. The van der Waals surface area contributed by atoms with Crippen LogP contribution in [0.2, 0.25) is 0 Å². The van der Waals surface area contributed by atoms with Crippen molar-refractivity contribution in [1.29, 1.82) is 0 Å². The number of benzene rings is 2. The molecule has 0 aromatic heterocycles. The van der Waals surface area contributed by atoms with Crippen LogP contribution in [0.5, 0.6) is 0 Å². The third-order valence-electron chi connectivity index (χ3n) is 10.4. The predicted molar refractivity (Wildman–Crippen MR) is 212 cm³/mol. The van der Waals surface area contributed by atoms with Crippen LogP contribution in [0.25, 0.3) is 11.1 Å². The standard InChI is InChI=1S/C41H60N8O7/c1-4-5-11-28-15-17-29(18-16-28)30-19-21-31(22-20-30)37(51)46-33(13-7-9-24-43)40(54)48-25-10-14-35(48)39(53)44-27(2)36(50)45-32(12-6-8-23-42)38(52)47-34-26-49(56-3)41(34)55/h15-22,27,32-35H,4-14,23-26,42-43H2,1-3H3,(H,44,53)(H,45,50)(H,46,51)(H,47,52)/t27-,32-,33-,34+,35-/m0/s1. The zero-order chi connectivity index (χ0) is 40.6. The van der Waals surface area contributed by atoms with Crippen LogP contribution >= 0.6 is 0 Å². The number of hydrogen-bond acceptors (Lipinski definition) is 9. The molecule has 6 amide bonds. The molecule has 306 valence electrons. The monoisotopic (exact) mass is 776 g/mol. The second-order valence-electron chi connectivity index (χ2n) is 14.6. The second kappa shape index (κ2) is 22.0. The van der Waals surface area contributed by atoms with E-state index in [4.69, 9.17) is 16.3 Å². The zero-order valence-electron chi connectivity index (χ0n) is 33.0. The first-order valence-corrected chi connectivity index (χ1v) is 20.0. The van der Waals surface area contributed by atoms with Gasteiger partial charge in [0.1, 0.15) is 30.2 Å². The smallest absolute Gasteiger partial charge is 0.270 e. The van der Waals surface area contributed by atoms with E-state index < -0.39 is 53.8 Å². The highest BCUT2D eigenvalue weighted by Crippen LogP contribution is 2.23. The molecule has 0 radical (unpaired) electrons. The molecule has 2 aromatic rings. The summed E-state index contributed by atoms with van der Waals surface area (Å²) >= 11 is 0. The first-order valence-electron chi connectivity index (χ1n) is 20.0. The molecule has 5 atom stereocenters. The Bertz CT molecular complexity index is 1640. The number of nitrogens with two attached hydrogens (primary N) is 2. The number of nitrogens with one attached hydrogen (secondary N) is 4. The van der Waals surface area contributed by atoms with E-state index in [0.717, 1.165) is 35.5 Å². The lowest BCUT2D eigenvalue weighted by Gasteiger charge is -2.36. The molecule has 2 saturated heterocycles. The molecule has 8 N–H and O–H groups in total. The zero-order valence-corrected chi connectivity index (χ0v) is 33.0. The number of aryl methyl sites for hydroxylation is 1. The minimum Gasteiger partial charge on any atom is -0.343 e. The highest BCUT2D eigenvalue weighted by Gasteiger charge is 2.41. The molecule has 0 bridgehead atoms. The van der Waals surface area contributed by atoms with E-state index in [1.165, 1.54) is 24.5 Å². The lowest BCUT2D eigenvalue weighted by Crippen LogP contribution is -2.65. The van der Waals surface area contributed by atoms with Crippen LogP contribution in [0, 0.1) is 0 Å². The molecule has 2 aromatic carbocycles. The van der Waals surface area contributed by atoms with Crippen molar-refractivity contribution < 1.29 is 33.6 Å². The molecular formula is C41H60N8O7. The van der Waals surface area contributed by atoms with Crippen LogP contribution in [-0.4, -0.2) is 109 Å². The minimum atomic E-state index is -1.04. The molecular weight excluding hydrogens is 716 g/mol. The lowest BCUT2D eigenvalue weighted by atomic mass is 10.0. The van der Waals surface area contributed by atoms with Gasteiger partial charge >= 0.3 is 0 Å². The Balaban J connectivity index is 1.37. The van der Waals surface area contributed by atoms with Gasteiger partial charge in [-0.2, -0.15) is 0 Å². The number of likely N-dealkylation sites (tertiary alicyclic amines) is 1. The summed E-state index contributed by atoms with van der Waals surface area (Å²) in [5.74, 6) is -2.80. The Morgan fingerprint density at radius 1 is 0.821 bits per heavy atom. The van der Waals surface area contributed by atoms with E-state index in [1.807, 2.05) is 12.1 Å². The van der Waals surface area contributed by atoms with E-state index in [0.29, 0.717) is 70.1 Å². The summed E-state index contributed by atoms with van der Waals surface area (Å²) in [6.45, 7) is 5.02. The van der Waals surface area contributed by atoms with Crippen molar-refractivity contribution in [2.24, 2.45) is 11.5 Å². The minimum absolute atomic E-state index is 0.187. The number of β-lactam (4-membered cyclic amide) rings is 1. The van der Waals surface area contributed by atoms with Crippen molar-refractivity contribution in [1.82, 2.24) is 31.2 Å². The van der Waals surface area contributed by atoms with Gasteiger partial charge in [0.05, 0.1) is 13.7 Å². The van der Waals surface area contributed by atoms with Crippen molar-refractivity contribution in [2.45, 2.75) is 115 Å². The van der Waals surface area contributed by atoms with Gasteiger partial charge in [0.2, 0.25) is 23.6 Å². The van der Waals surface area contributed by atoms with Crippen molar-refractivity contribution in [2.75, 3.05) is 33.3 Å². The maximum atomic E-state index is 14.0. The predicted octanol–water partition coefficient (Wildman–Crippen LogP) is 1.92. The Morgan fingerprint density at radius 2 is 1.45 bits per heavy atom. The van der Waals surface area contributed by atoms with Crippen molar-refractivity contribution in [3.63, 3.8) is 0 Å². The first kappa shape index (κ1) is 43.9. The van der Waals surface area contributed by atoms with Gasteiger partial charge in [-0.15, -0.1) is 0 Å². The van der Waals surface area contributed by atoms with E-state index in [9.17, 15) is 28.8 Å². The van der Waals surface area contributed by atoms with Crippen LogP contribution in [0.4, 0.5) is 0 Å². The third kappa shape index (κ3) is 12.1. The maximum Gasteiger partial charge on any atom is 0.270 e. The largest absolute Gasteiger partial charge is 0.343 e. The van der Waals surface area contributed by atoms with Gasteiger partial charge < -0.3 is 37.6 Å². The fourth-order valence-corrected chi connectivity index (χ4v) is 6.93. The van der Waals surface area contributed by atoms with Crippen molar-refractivity contribution in [3.05, 3.63) is 59.7 Å². The average Bonchev–Trinajstić information content (AvgIpc) is 3.71. The summed E-state index contributed by atoms with van der Waals surface area (Å²) in [7, 11) is 1.36. The fourth-order valence-electron chi connectivity index (χ4n) is 6.93. The average molecular weight is 777 g/mol. The van der Waals surface area contributed by atoms with Gasteiger partial charge in [0, 0.05) is 12.1 Å². The van der Waals surface area contributed by atoms with E-state index in [1.54, 1.807) is 12.1 Å². The van der Waals surface area contributed by atoms with E-state index >= 15 is 0 Å². The summed E-state index contributed by atoms with van der Waals surface area (Å²) in [4.78, 5) is 86.0. The molecule has 0 saturated carbocycles. The lowest BCUT2D eigenvalue weighted by molar-refractivity contribution is -0.203. The van der Waals surface area contributed by atoms with Gasteiger partial charge in [-0.05, 0) is 113 Å². The number of hydrogen-bond donors (Lipinski definition) is 6. The maximum absolute atomic E-state index is 14.0. The molecule has 2 fully saturated rings. The SMILES string of the molecule is CCCCc1ccc(-c2ccc(C(=O)N[C@@H](CCCCN)C(=O)N3CCC[C@H]3C(=O)N[C@@H](C)C(=O)N[C@@H](CCCCN)C(=O)N[C@@H]3CN(OC)C3=O)cc2)cc1. The number of amides is 6. The number of carbonyl (C=O) groups excluding carboxylic acids is 6. The van der Waals surface area contributed by atoms with Crippen molar-refractivity contribution >= 4 is 35.4 Å². The fraction of sp³-hybridized carbons (Fsp3) is 0.561. The Hall–Kier alpha value is -4.86. The highest BCUT2D eigenvalue weighted by atomic mass is 16.7. The Labute approximate surface area is 329 Å². The summed E-state index contributed by atoms with van der Waals surface area (Å²) in [5, 5.41) is 12.1. The second-order valence-corrected chi connectivity index (χ2v) is 14.6. The quantitative estimate of drug-likeness (QED) is 0.0760. The van der Waals surface area contributed by atoms with Gasteiger partial charge in [0.25, 0.3) is 11.8 Å². The number of carbonyl (C=O) groups is 6. The van der Waals surface area contributed by atoms with Crippen LogP contribution in [0.3, 0.4) is 0 Å². The van der Waals surface area contributed by atoms with Gasteiger partial charge in [-0.3, -0.25) is 33.6 Å². The van der Waals surface area contributed by atoms with Crippen molar-refractivity contribution in [3.8, 4) is 11.1 Å². The van der Waals surface area contributed by atoms with Crippen LogP contribution in [0.1, 0.15) is 94.0 Å². The number of unbranched alkanes of at least 4 members (excludes halogenated alkanes) is 3. The molecule has 56 heavy (non-hydrogen) atoms. The topological polar surface area (TPSA) is 218 Å². The molecule has 0 aliphatic carbocycles. The van der Waals surface area contributed by atoms with E-state index in [2.05, 4.69) is 52.5 Å². The number of rotatable bonds is 22. The van der Waals surface area contributed by atoms with Crippen LogP contribution < -0.4 is 32.7 Å². The molecule has 15 heteroatoms. The molecule has 0 unspecified atom stereocenters. The van der Waals surface area contributed by atoms with Gasteiger partial charge in [-0.1, -0.05) is 49.7 Å². The normalized spacial score (nSPS) is 18.1. The number of hydroxylamine groups is 2. The molecule has 2 heterocycles. The summed E-state index contributed by atoms with van der Waals surface area (Å²) in [6.07, 6.45) is 7.35.